The van der Waals surface area contributed by atoms with Gasteiger partial charge in [0, 0.05) is 11.1 Å². The summed E-state index contributed by atoms with van der Waals surface area (Å²) in [6.07, 6.45) is 1.61. The number of carbonyl (C=O) groups is 2. The van der Waals surface area contributed by atoms with Crippen molar-refractivity contribution in [2.24, 2.45) is 4.99 Å². The minimum Gasteiger partial charge on any atom is -0.423 e. The van der Waals surface area contributed by atoms with Crippen LogP contribution < -0.4 is 4.74 Å². The summed E-state index contributed by atoms with van der Waals surface area (Å²) in [6, 6.07) is 15.9. The number of cyclic esters (lactones) is 1. The Balaban J connectivity index is 1.78. The minimum absolute atomic E-state index is 0.213. The first-order valence-electron chi connectivity index (χ1n) is 7.58. The number of carbonyl (C=O) groups excluding carboxylic acids is 2. The predicted octanol–water partition coefficient (Wildman–Crippen LogP) is 3.51. The molecule has 0 saturated carbocycles. The summed E-state index contributed by atoms with van der Waals surface area (Å²) >= 11 is 0. The fourth-order valence-corrected chi connectivity index (χ4v) is 2.10. The van der Waals surface area contributed by atoms with Crippen molar-refractivity contribution < 1.29 is 19.1 Å². The lowest BCUT2D eigenvalue weighted by atomic mass is 10.2. The van der Waals surface area contributed by atoms with Crippen LogP contribution in [0.1, 0.15) is 18.1 Å². The fraction of sp³-hybridized carbons (Fsp3) is 0.0500. The highest BCUT2D eigenvalue weighted by Gasteiger charge is 2.23. The third-order valence-corrected chi connectivity index (χ3v) is 3.38. The molecule has 0 N–H and O–H groups in total. The standard InChI is InChI=1S/C20H15NO4/c1-13(2)19(22)24-16-10-8-14(9-11-16)12-17-20(23)25-18(21-17)15-6-4-3-5-7-15/h3-12H,1H2,2H3. The van der Waals surface area contributed by atoms with Crippen LogP contribution in [0.4, 0.5) is 0 Å². The molecule has 25 heavy (non-hydrogen) atoms. The number of esters is 2. The zero-order valence-electron chi connectivity index (χ0n) is 13.6. The van der Waals surface area contributed by atoms with Gasteiger partial charge in [-0.15, -0.1) is 0 Å². The minimum atomic E-state index is -0.503. The second-order valence-electron chi connectivity index (χ2n) is 5.44. The van der Waals surface area contributed by atoms with Crippen LogP contribution in [-0.4, -0.2) is 17.8 Å². The highest BCUT2D eigenvalue weighted by Crippen LogP contribution is 2.20. The lowest BCUT2D eigenvalue weighted by Gasteiger charge is -2.03. The summed E-state index contributed by atoms with van der Waals surface area (Å²) < 4.78 is 10.3. The van der Waals surface area contributed by atoms with Gasteiger partial charge >= 0.3 is 11.9 Å². The molecular weight excluding hydrogens is 318 g/mol. The topological polar surface area (TPSA) is 65.0 Å². The summed E-state index contributed by atoms with van der Waals surface area (Å²) in [5.41, 5.74) is 2.01. The molecule has 3 rings (SSSR count). The number of hydrogen-bond donors (Lipinski definition) is 0. The van der Waals surface area contributed by atoms with Gasteiger partial charge in [-0.1, -0.05) is 36.9 Å². The van der Waals surface area contributed by atoms with Gasteiger partial charge in [0.25, 0.3) is 0 Å². The summed E-state index contributed by atoms with van der Waals surface area (Å²) in [6.45, 7) is 5.11. The van der Waals surface area contributed by atoms with Crippen LogP contribution in [0.5, 0.6) is 5.75 Å². The Bertz CT molecular complexity index is 893. The maximum atomic E-state index is 12.0. The lowest BCUT2D eigenvalue weighted by molar-refractivity contribution is -0.130. The number of ether oxygens (including phenoxy) is 2. The molecule has 0 unspecified atom stereocenters. The van der Waals surface area contributed by atoms with Crippen LogP contribution in [-0.2, 0) is 14.3 Å². The van der Waals surface area contributed by atoms with Gasteiger partial charge in [0.15, 0.2) is 5.70 Å². The second-order valence-corrected chi connectivity index (χ2v) is 5.44. The largest absolute Gasteiger partial charge is 0.423 e. The molecule has 5 nitrogen and oxygen atoms in total. The van der Waals surface area contributed by atoms with E-state index in [-0.39, 0.29) is 11.6 Å². The Morgan fingerprint density at radius 2 is 1.80 bits per heavy atom. The molecule has 1 heterocycles. The summed E-state index contributed by atoms with van der Waals surface area (Å²) in [7, 11) is 0. The molecule has 1 aliphatic rings. The fourth-order valence-electron chi connectivity index (χ4n) is 2.10. The first-order chi connectivity index (χ1) is 12.0. The number of rotatable bonds is 4. The Morgan fingerprint density at radius 1 is 1.12 bits per heavy atom. The summed E-state index contributed by atoms with van der Waals surface area (Å²) in [4.78, 5) is 27.7. The monoisotopic (exact) mass is 333 g/mol. The molecule has 0 fully saturated rings. The van der Waals surface area contributed by atoms with E-state index in [9.17, 15) is 9.59 Å². The van der Waals surface area contributed by atoms with Crippen LogP contribution in [0.25, 0.3) is 6.08 Å². The first-order valence-corrected chi connectivity index (χ1v) is 7.58. The second kappa shape index (κ2) is 6.97. The molecule has 0 amide bonds. The van der Waals surface area contributed by atoms with Gasteiger partial charge in [-0.3, -0.25) is 0 Å². The average Bonchev–Trinajstić information content (AvgIpc) is 2.98. The Hall–Kier alpha value is -3.47. The normalized spacial score (nSPS) is 14.8. The van der Waals surface area contributed by atoms with E-state index in [1.54, 1.807) is 37.3 Å². The number of aliphatic imine (C=N–C) groups is 1. The molecule has 0 atom stereocenters. The quantitative estimate of drug-likeness (QED) is 0.488. The van der Waals surface area contributed by atoms with Crippen molar-refractivity contribution in [1.29, 1.82) is 0 Å². The average molecular weight is 333 g/mol. The van der Waals surface area contributed by atoms with Crippen molar-refractivity contribution >= 4 is 23.9 Å². The Kier molecular flexibility index (Phi) is 4.57. The van der Waals surface area contributed by atoms with Gasteiger partial charge in [0.1, 0.15) is 5.75 Å². The third kappa shape index (κ3) is 3.90. The number of nitrogens with zero attached hydrogens (tertiary/aromatic N) is 1. The van der Waals surface area contributed by atoms with Crippen LogP contribution in [0.2, 0.25) is 0 Å². The SMILES string of the molecule is C=C(C)C(=O)Oc1ccc(C=C2N=C(c3ccccc3)OC2=O)cc1. The highest BCUT2D eigenvalue weighted by atomic mass is 16.6. The molecule has 0 bridgehead atoms. The summed E-state index contributed by atoms with van der Waals surface area (Å²) in [5.74, 6) is -0.305. The molecule has 124 valence electrons. The number of benzene rings is 2. The van der Waals surface area contributed by atoms with E-state index in [4.69, 9.17) is 9.47 Å². The summed E-state index contributed by atoms with van der Waals surface area (Å²) in [5, 5.41) is 0. The molecule has 5 heteroatoms. The maximum absolute atomic E-state index is 12.0. The van der Waals surface area contributed by atoms with Gasteiger partial charge in [-0.2, -0.15) is 0 Å². The van der Waals surface area contributed by atoms with Gasteiger partial charge < -0.3 is 9.47 Å². The van der Waals surface area contributed by atoms with Crippen molar-refractivity contribution in [3.05, 3.63) is 83.6 Å². The van der Waals surface area contributed by atoms with E-state index in [0.717, 1.165) is 11.1 Å². The first kappa shape index (κ1) is 16.4. The molecule has 0 spiro atoms. The smallest absolute Gasteiger partial charge is 0.363 e. The van der Waals surface area contributed by atoms with Gasteiger partial charge in [-0.25, -0.2) is 14.6 Å². The van der Waals surface area contributed by atoms with Crippen molar-refractivity contribution in [1.82, 2.24) is 0 Å². The van der Waals surface area contributed by atoms with Gasteiger partial charge in [-0.05, 0) is 42.8 Å². The van der Waals surface area contributed by atoms with Crippen LogP contribution in [0.15, 0.2) is 77.4 Å². The van der Waals surface area contributed by atoms with Crippen molar-refractivity contribution in [2.45, 2.75) is 6.92 Å². The molecule has 2 aromatic carbocycles. The molecule has 2 aromatic rings. The Labute approximate surface area is 144 Å². The molecule has 0 aromatic heterocycles. The molecule has 0 radical (unpaired) electrons. The van der Waals surface area contributed by atoms with E-state index in [0.29, 0.717) is 11.3 Å². The van der Waals surface area contributed by atoms with E-state index in [1.807, 2.05) is 30.3 Å². The van der Waals surface area contributed by atoms with E-state index in [1.165, 1.54) is 0 Å². The molecule has 1 aliphatic heterocycles. The van der Waals surface area contributed by atoms with E-state index < -0.39 is 11.9 Å². The molecular formula is C20H15NO4. The van der Waals surface area contributed by atoms with Crippen molar-refractivity contribution in [3.63, 3.8) is 0 Å². The maximum Gasteiger partial charge on any atom is 0.363 e. The van der Waals surface area contributed by atoms with Crippen LogP contribution in [0.3, 0.4) is 0 Å². The third-order valence-electron chi connectivity index (χ3n) is 3.38. The predicted molar refractivity (Wildman–Crippen MR) is 93.9 cm³/mol. The zero-order chi connectivity index (χ0) is 17.8. The van der Waals surface area contributed by atoms with Crippen LogP contribution >= 0.6 is 0 Å². The molecule has 0 aliphatic carbocycles. The Morgan fingerprint density at radius 3 is 2.44 bits per heavy atom. The highest BCUT2D eigenvalue weighted by molar-refractivity contribution is 6.12. The molecule has 0 saturated heterocycles. The zero-order valence-corrected chi connectivity index (χ0v) is 13.6. The van der Waals surface area contributed by atoms with E-state index in [2.05, 4.69) is 11.6 Å². The van der Waals surface area contributed by atoms with E-state index >= 15 is 0 Å². The van der Waals surface area contributed by atoms with Crippen molar-refractivity contribution in [2.75, 3.05) is 0 Å². The lowest BCUT2D eigenvalue weighted by Crippen LogP contribution is -2.07. The van der Waals surface area contributed by atoms with Gasteiger partial charge in [0.05, 0.1) is 0 Å². The number of hydrogen-bond acceptors (Lipinski definition) is 5. The van der Waals surface area contributed by atoms with Crippen molar-refractivity contribution in [3.8, 4) is 5.75 Å². The van der Waals surface area contributed by atoms with Gasteiger partial charge in [0.2, 0.25) is 5.90 Å². The van der Waals surface area contributed by atoms with Crippen LogP contribution in [0, 0.1) is 0 Å².